The highest BCUT2D eigenvalue weighted by molar-refractivity contribution is 5.59. The molecule has 16 heavy (non-hydrogen) atoms. The highest BCUT2D eigenvalue weighted by Crippen LogP contribution is 2.16. The van der Waals surface area contributed by atoms with Crippen LogP contribution in [0, 0.1) is 0 Å². The van der Waals surface area contributed by atoms with Crippen LogP contribution in [0.3, 0.4) is 0 Å². The Hall–Kier alpha value is -2.21. The summed E-state index contributed by atoms with van der Waals surface area (Å²) in [5.41, 5.74) is 8.16. The molecule has 0 spiro atoms. The van der Waals surface area contributed by atoms with Gasteiger partial charge >= 0.3 is 0 Å². The molecular formula is C10H10N6. The largest absolute Gasteiger partial charge is 0.367 e. The number of nitrogens with zero attached hydrogens (tertiary/aromatic N) is 4. The Morgan fingerprint density at radius 1 is 1.25 bits per heavy atom. The first kappa shape index (κ1) is 9.05. The predicted octanol–water partition coefficient (Wildman–Crippen LogP) is 0.578. The molecule has 0 amide bonds. The molecule has 0 aliphatic rings. The van der Waals surface area contributed by atoms with Crippen LogP contribution in [0.1, 0.15) is 5.82 Å². The lowest BCUT2D eigenvalue weighted by Gasteiger charge is -1.99. The van der Waals surface area contributed by atoms with Crippen molar-refractivity contribution in [1.29, 1.82) is 0 Å². The number of aromatic nitrogens is 5. The van der Waals surface area contributed by atoms with Gasteiger partial charge in [-0.3, -0.25) is 0 Å². The molecule has 0 aliphatic carbocycles. The summed E-state index contributed by atoms with van der Waals surface area (Å²) in [6.07, 6.45) is 3.75. The Morgan fingerprint density at radius 2 is 2.19 bits per heavy atom. The fourth-order valence-corrected chi connectivity index (χ4v) is 1.60. The van der Waals surface area contributed by atoms with Gasteiger partial charge in [-0.2, -0.15) is 9.61 Å². The van der Waals surface area contributed by atoms with Crippen LogP contribution in [-0.2, 0) is 6.54 Å². The van der Waals surface area contributed by atoms with Crippen LogP contribution in [0.5, 0.6) is 0 Å². The molecule has 3 heterocycles. The van der Waals surface area contributed by atoms with Gasteiger partial charge in [0.15, 0.2) is 11.5 Å². The van der Waals surface area contributed by atoms with Crippen LogP contribution in [0.4, 0.5) is 0 Å². The zero-order valence-corrected chi connectivity index (χ0v) is 8.46. The smallest absolute Gasteiger partial charge is 0.177 e. The van der Waals surface area contributed by atoms with E-state index in [4.69, 9.17) is 5.73 Å². The maximum Gasteiger partial charge on any atom is 0.177 e. The third kappa shape index (κ3) is 1.28. The summed E-state index contributed by atoms with van der Waals surface area (Å²) in [5.74, 6) is 0.660. The molecule has 3 N–H and O–H groups in total. The second kappa shape index (κ2) is 3.42. The maximum absolute atomic E-state index is 5.56. The lowest BCUT2D eigenvalue weighted by atomic mass is 10.2. The van der Waals surface area contributed by atoms with Gasteiger partial charge in [-0.25, -0.2) is 0 Å². The van der Waals surface area contributed by atoms with Gasteiger partial charge in [0.2, 0.25) is 0 Å². The molecule has 0 saturated carbocycles. The van der Waals surface area contributed by atoms with Crippen LogP contribution < -0.4 is 5.73 Å². The van der Waals surface area contributed by atoms with Crippen LogP contribution in [0.15, 0.2) is 30.6 Å². The van der Waals surface area contributed by atoms with Gasteiger partial charge in [0.1, 0.15) is 0 Å². The molecule has 0 atom stereocenters. The highest BCUT2D eigenvalue weighted by atomic mass is 15.4. The molecule has 3 aromatic rings. The lowest BCUT2D eigenvalue weighted by Crippen LogP contribution is -2.05. The van der Waals surface area contributed by atoms with Crippen LogP contribution in [0.25, 0.3) is 16.9 Å². The minimum absolute atomic E-state index is 0.324. The quantitative estimate of drug-likeness (QED) is 0.653. The molecule has 0 fully saturated rings. The Morgan fingerprint density at radius 3 is 2.94 bits per heavy atom. The molecule has 0 bridgehead atoms. The van der Waals surface area contributed by atoms with Crippen molar-refractivity contribution < 1.29 is 0 Å². The number of nitrogens with one attached hydrogen (secondary N) is 1. The molecule has 6 nitrogen and oxygen atoms in total. The summed E-state index contributed by atoms with van der Waals surface area (Å²) in [6.45, 7) is 0.324. The monoisotopic (exact) mass is 214 g/mol. The van der Waals surface area contributed by atoms with Gasteiger partial charge in [0.05, 0.1) is 12.2 Å². The molecule has 0 aromatic carbocycles. The van der Waals surface area contributed by atoms with E-state index < -0.39 is 0 Å². The summed E-state index contributed by atoms with van der Waals surface area (Å²) in [6, 6.07) is 5.75. The Balaban J connectivity index is 2.21. The molecule has 6 heteroatoms. The van der Waals surface area contributed by atoms with Crippen molar-refractivity contribution in [2.75, 3.05) is 0 Å². The van der Waals surface area contributed by atoms with Crippen molar-refractivity contribution in [3.63, 3.8) is 0 Å². The van der Waals surface area contributed by atoms with Crippen molar-refractivity contribution in [3.8, 4) is 11.3 Å². The standard InChI is InChI=1S/C10H10N6/c11-5-10-14-13-9-2-1-8(15-16(9)10)7-3-4-12-6-7/h1-4,6,12H,5,11H2. The van der Waals surface area contributed by atoms with Crippen molar-refractivity contribution in [2.45, 2.75) is 6.54 Å². The van der Waals surface area contributed by atoms with Crippen LogP contribution in [-0.4, -0.2) is 24.8 Å². The van der Waals surface area contributed by atoms with Gasteiger partial charge in [-0.15, -0.1) is 10.2 Å². The molecule has 0 saturated heterocycles. The van der Waals surface area contributed by atoms with Crippen LogP contribution in [0.2, 0.25) is 0 Å². The van der Waals surface area contributed by atoms with Gasteiger partial charge in [0.25, 0.3) is 0 Å². The summed E-state index contributed by atoms with van der Waals surface area (Å²) >= 11 is 0. The molecule has 80 valence electrons. The van der Waals surface area contributed by atoms with E-state index in [2.05, 4.69) is 20.3 Å². The van der Waals surface area contributed by atoms with E-state index in [1.54, 1.807) is 4.52 Å². The molecule has 0 aliphatic heterocycles. The van der Waals surface area contributed by atoms with Crippen LogP contribution >= 0.6 is 0 Å². The number of aromatic amines is 1. The molecule has 0 unspecified atom stereocenters. The predicted molar refractivity (Wildman–Crippen MR) is 58.5 cm³/mol. The van der Waals surface area contributed by atoms with E-state index in [-0.39, 0.29) is 0 Å². The Kier molecular flexibility index (Phi) is 1.94. The van der Waals surface area contributed by atoms with Gasteiger partial charge in [0, 0.05) is 18.0 Å². The van der Waals surface area contributed by atoms with E-state index in [0.29, 0.717) is 18.0 Å². The first-order valence-corrected chi connectivity index (χ1v) is 4.93. The number of hydrogen-bond acceptors (Lipinski definition) is 4. The molecule has 3 aromatic heterocycles. The zero-order valence-electron chi connectivity index (χ0n) is 8.46. The van der Waals surface area contributed by atoms with Gasteiger partial charge in [-0.05, 0) is 18.2 Å². The minimum Gasteiger partial charge on any atom is -0.367 e. The fourth-order valence-electron chi connectivity index (χ4n) is 1.60. The van der Waals surface area contributed by atoms with E-state index in [1.807, 2.05) is 30.6 Å². The number of H-pyrrole nitrogens is 1. The molecule has 0 radical (unpaired) electrons. The maximum atomic E-state index is 5.56. The number of nitrogens with two attached hydrogens (primary N) is 1. The number of fused-ring (bicyclic) bond motifs is 1. The first-order chi connectivity index (χ1) is 7.88. The van der Waals surface area contributed by atoms with E-state index in [1.165, 1.54) is 0 Å². The number of hydrogen-bond donors (Lipinski definition) is 2. The normalized spacial score (nSPS) is 11.1. The zero-order chi connectivity index (χ0) is 11.0. The molecular weight excluding hydrogens is 204 g/mol. The van der Waals surface area contributed by atoms with Crippen molar-refractivity contribution in [3.05, 3.63) is 36.4 Å². The lowest BCUT2D eigenvalue weighted by molar-refractivity contribution is 0.811. The topological polar surface area (TPSA) is 84.9 Å². The average Bonchev–Trinajstić information content (AvgIpc) is 2.97. The highest BCUT2D eigenvalue weighted by Gasteiger charge is 2.06. The Bertz CT molecular complexity index is 609. The van der Waals surface area contributed by atoms with Crippen molar-refractivity contribution >= 4 is 5.65 Å². The Labute approximate surface area is 91.1 Å². The second-order valence-corrected chi connectivity index (χ2v) is 3.41. The van der Waals surface area contributed by atoms with E-state index in [9.17, 15) is 0 Å². The summed E-state index contributed by atoms with van der Waals surface area (Å²) in [5, 5.41) is 12.4. The third-order valence-electron chi connectivity index (χ3n) is 2.40. The SMILES string of the molecule is NCc1nnc2ccc(-c3cc[nH]c3)nn12. The van der Waals surface area contributed by atoms with E-state index >= 15 is 0 Å². The van der Waals surface area contributed by atoms with E-state index in [0.717, 1.165) is 11.3 Å². The number of rotatable bonds is 2. The summed E-state index contributed by atoms with van der Waals surface area (Å²) < 4.78 is 1.67. The van der Waals surface area contributed by atoms with Crippen molar-refractivity contribution in [2.24, 2.45) is 5.73 Å². The van der Waals surface area contributed by atoms with Gasteiger partial charge in [-0.1, -0.05) is 0 Å². The van der Waals surface area contributed by atoms with Gasteiger partial charge < -0.3 is 10.7 Å². The summed E-state index contributed by atoms with van der Waals surface area (Å²) in [4.78, 5) is 2.99. The molecule has 3 rings (SSSR count). The second-order valence-electron chi connectivity index (χ2n) is 3.41. The third-order valence-corrected chi connectivity index (χ3v) is 2.40. The fraction of sp³-hybridized carbons (Fsp3) is 0.100. The summed E-state index contributed by atoms with van der Waals surface area (Å²) in [7, 11) is 0. The average molecular weight is 214 g/mol. The van der Waals surface area contributed by atoms with Crippen molar-refractivity contribution in [1.82, 2.24) is 24.8 Å². The first-order valence-electron chi connectivity index (χ1n) is 4.93. The minimum atomic E-state index is 0.324.